The molecule has 6 heteroatoms. The van der Waals surface area contributed by atoms with E-state index < -0.39 is 0 Å². The van der Waals surface area contributed by atoms with Crippen LogP contribution in [-0.4, -0.2) is 61.8 Å². The number of carbonyl (C=O) groups is 1. The van der Waals surface area contributed by atoms with E-state index in [2.05, 4.69) is 41.4 Å². The standard InChI is InChI=1S/C27H31N3O3/c1-29(2)26-24-10-7-20(18-21(24)11-14-28-26)19-5-8-22(9-6-19)33-23-12-15-30(16-13-23)27(31)25-4-3-17-32-25/h5-11,14,18,23,25H,3-4,12-13,15-17H2,1-2H3/t25-/m1/s1. The number of hydrogen-bond acceptors (Lipinski definition) is 5. The van der Waals surface area contributed by atoms with Gasteiger partial charge in [0.1, 0.15) is 23.8 Å². The third kappa shape index (κ3) is 4.67. The smallest absolute Gasteiger partial charge is 0.251 e. The molecule has 1 aromatic heterocycles. The van der Waals surface area contributed by atoms with Gasteiger partial charge in [-0.3, -0.25) is 4.79 Å². The number of ether oxygens (including phenoxy) is 2. The summed E-state index contributed by atoms with van der Waals surface area (Å²) in [6.45, 7) is 2.18. The van der Waals surface area contributed by atoms with Crippen molar-refractivity contribution in [3.05, 3.63) is 54.7 Å². The Bertz CT molecular complexity index is 1120. The first-order valence-electron chi connectivity index (χ1n) is 11.8. The molecular formula is C27H31N3O3. The largest absolute Gasteiger partial charge is 0.490 e. The molecule has 3 heterocycles. The topological polar surface area (TPSA) is 54.9 Å². The maximum absolute atomic E-state index is 12.5. The number of anilines is 1. The monoisotopic (exact) mass is 445 g/mol. The van der Waals surface area contributed by atoms with Crippen LogP contribution in [0, 0.1) is 0 Å². The van der Waals surface area contributed by atoms with Gasteiger partial charge in [0.15, 0.2) is 0 Å². The Morgan fingerprint density at radius 2 is 1.79 bits per heavy atom. The average Bonchev–Trinajstić information content (AvgIpc) is 3.39. The van der Waals surface area contributed by atoms with E-state index in [9.17, 15) is 4.79 Å². The van der Waals surface area contributed by atoms with Crippen LogP contribution in [0.1, 0.15) is 25.7 Å². The molecule has 172 valence electrons. The van der Waals surface area contributed by atoms with E-state index in [1.165, 1.54) is 10.9 Å². The number of benzene rings is 2. The van der Waals surface area contributed by atoms with Crippen LogP contribution in [0.4, 0.5) is 5.82 Å². The molecule has 0 spiro atoms. The van der Waals surface area contributed by atoms with Crippen molar-refractivity contribution in [3.63, 3.8) is 0 Å². The second-order valence-corrected chi connectivity index (χ2v) is 9.13. The van der Waals surface area contributed by atoms with E-state index in [1.54, 1.807) is 0 Å². The van der Waals surface area contributed by atoms with Crippen LogP contribution in [0.2, 0.25) is 0 Å². The molecule has 0 aliphatic carbocycles. The van der Waals surface area contributed by atoms with E-state index >= 15 is 0 Å². The lowest BCUT2D eigenvalue weighted by Gasteiger charge is -2.33. The Balaban J connectivity index is 1.21. The molecule has 2 aliphatic rings. The molecule has 3 aromatic rings. The fraction of sp³-hybridized carbons (Fsp3) is 0.407. The maximum Gasteiger partial charge on any atom is 0.251 e. The van der Waals surface area contributed by atoms with Crippen LogP contribution < -0.4 is 9.64 Å². The van der Waals surface area contributed by atoms with Crippen LogP contribution in [0.25, 0.3) is 21.9 Å². The van der Waals surface area contributed by atoms with Crippen LogP contribution in [0.3, 0.4) is 0 Å². The SMILES string of the molecule is CN(C)c1nccc2cc(-c3ccc(OC4CCN(C(=O)[C@H]5CCCO5)CC4)cc3)ccc12. The Kier molecular flexibility index (Phi) is 6.18. The first-order chi connectivity index (χ1) is 16.1. The molecule has 2 fully saturated rings. The first-order valence-corrected chi connectivity index (χ1v) is 11.8. The fourth-order valence-electron chi connectivity index (χ4n) is 4.79. The van der Waals surface area contributed by atoms with Crippen molar-refractivity contribution in [1.82, 2.24) is 9.88 Å². The van der Waals surface area contributed by atoms with Gasteiger partial charge in [0.25, 0.3) is 5.91 Å². The molecule has 5 rings (SSSR count). The van der Waals surface area contributed by atoms with Crippen molar-refractivity contribution < 1.29 is 14.3 Å². The minimum atomic E-state index is -0.226. The predicted molar refractivity (Wildman–Crippen MR) is 131 cm³/mol. The van der Waals surface area contributed by atoms with Gasteiger partial charge in [-0.25, -0.2) is 4.98 Å². The third-order valence-electron chi connectivity index (χ3n) is 6.62. The summed E-state index contributed by atoms with van der Waals surface area (Å²) in [6, 6.07) is 16.9. The second-order valence-electron chi connectivity index (χ2n) is 9.13. The predicted octanol–water partition coefficient (Wildman–Crippen LogP) is 4.52. The molecular weight excluding hydrogens is 414 g/mol. The molecule has 0 saturated carbocycles. The van der Waals surface area contributed by atoms with Crippen molar-refractivity contribution in [2.45, 2.75) is 37.9 Å². The Morgan fingerprint density at radius 1 is 1.03 bits per heavy atom. The number of pyridine rings is 1. The molecule has 1 atom stereocenters. The summed E-state index contributed by atoms with van der Waals surface area (Å²) in [5, 5.41) is 2.33. The highest BCUT2D eigenvalue weighted by Crippen LogP contribution is 2.30. The molecule has 2 aromatic carbocycles. The van der Waals surface area contributed by atoms with Crippen LogP contribution in [0.15, 0.2) is 54.7 Å². The van der Waals surface area contributed by atoms with Crippen molar-refractivity contribution in [2.75, 3.05) is 38.7 Å². The second kappa shape index (κ2) is 9.40. The van der Waals surface area contributed by atoms with Gasteiger partial charge in [0.05, 0.1) is 0 Å². The van der Waals surface area contributed by atoms with Crippen molar-refractivity contribution in [2.24, 2.45) is 0 Å². The van der Waals surface area contributed by atoms with E-state index in [-0.39, 0.29) is 18.1 Å². The number of carbonyl (C=O) groups excluding carboxylic acids is 1. The lowest BCUT2D eigenvalue weighted by atomic mass is 10.0. The van der Waals surface area contributed by atoms with E-state index in [4.69, 9.17) is 9.47 Å². The van der Waals surface area contributed by atoms with Crippen molar-refractivity contribution in [1.29, 1.82) is 0 Å². The van der Waals surface area contributed by atoms with Gasteiger partial charge in [-0.2, -0.15) is 0 Å². The summed E-state index contributed by atoms with van der Waals surface area (Å²) >= 11 is 0. The number of nitrogens with zero attached hydrogens (tertiary/aromatic N) is 3. The minimum Gasteiger partial charge on any atom is -0.490 e. The average molecular weight is 446 g/mol. The number of rotatable bonds is 5. The number of piperidine rings is 1. The lowest BCUT2D eigenvalue weighted by molar-refractivity contribution is -0.142. The molecule has 0 N–H and O–H groups in total. The zero-order valence-electron chi connectivity index (χ0n) is 19.4. The third-order valence-corrected chi connectivity index (χ3v) is 6.62. The van der Waals surface area contributed by atoms with Crippen LogP contribution in [-0.2, 0) is 9.53 Å². The van der Waals surface area contributed by atoms with Crippen molar-refractivity contribution >= 4 is 22.5 Å². The highest BCUT2D eigenvalue weighted by molar-refractivity contribution is 5.94. The summed E-state index contributed by atoms with van der Waals surface area (Å²) in [5.74, 6) is 2.01. The number of hydrogen-bond donors (Lipinski definition) is 0. The zero-order chi connectivity index (χ0) is 22.8. The number of amides is 1. The zero-order valence-corrected chi connectivity index (χ0v) is 19.4. The summed E-state index contributed by atoms with van der Waals surface area (Å²) < 4.78 is 11.8. The molecule has 0 unspecified atom stereocenters. The molecule has 0 radical (unpaired) electrons. The Hall–Kier alpha value is -3.12. The normalized spacial score (nSPS) is 19.1. The Labute approximate surface area is 195 Å². The van der Waals surface area contributed by atoms with Gasteiger partial charge < -0.3 is 19.3 Å². The van der Waals surface area contributed by atoms with Crippen LogP contribution >= 0.6 is 0 Å². The highest BCUT2D eigenvalue weighted by Gasteiger charge is 2.31. The summed E-state index contributed by atoms with van der Waals surface area (Å²) in [4.78, 5) is 21.0. The van der Waals surface area contributed by atoms with Gasteiger partial charge in [0.2, 0.25) is 0 Å². The van der Waals surface area contributed by atoms with Gasteiger partial charge in [0, 0.05) is 58.2 Å². The first kappa shape index (κ1) is 21.7. The lowest BCUT2D eigenvalue weighted by Crippen LogP contribution is -2.45. The van der Waals surface area contributed by atoms with Crippen LogP contribution in [0.5, 0.6) is 5.75 Å². The fourth-order valence-corrected chi connectivity index (χ4v) is 4.79. The number of aromatic nitrogens is 1. The molecule has 1 amide bonds. The maximum atomic E-state index is 12.5. The number of fused-ring (bicyclic) bond motifs is 1. The highest BCUT2D eigenvalue weighted by atomic mass is 16.5. The van der Waals surface area contributed by atoms with E-state index in [0.717, 1.165) is 61.3 Å². The van der Waals surface area contributed by atoms with Crippen molar-refractivity contribution in [3.8, 4) is 16.9 Å². The summed E-state index contributed by atoms with van der Waals surface area (Å²) in [5.41, 5.74) is 2.33. The summed E-state index contributed by atoms with van der Waals surface area (Å²) in [7, 11) is 4.03. The summed E-state index contributed by atoms with van der Waals surface area (Å²) in [6.07, 6.45) is 5.32. The van der Waals surface area contributed by atoms with E-state index in [0.29, 0.717) is 6.61 Å². The minimum absolute atomic E-state index is 0.141. The number of likely N-dealkylation sites (tertiary alicyclic amines) is 1. The van der Waals surface area contributed by atoms with Gasteiger partial charge in [-0.1, -0.05) is 24.3 Å². The van der Waals surface area contributed by atoms with E-state index in [1.807, 2.05) is 42.2 Å². The Morgan fingerprint density at radius 3 is 2.48 bits per heavy atom. The van der Waals surface area contributed by atoms with Gasteiger partial charge in [-0.05, 0) is 53.6 Å². The molecule has 2 aliphatic heterocycles. The van der Waals surface area contributed by atoms with Gasteiger partial charge in [-0.15, -0.1) is 0 Å². The molecule has 0 bridgehead atoms. The molecule has 33 heavy (non-hydrogen) atoms. The molecule has 6 nitrogen and oxygen atoms in total. The molecule has 2 saturated heterocycles. The van der Waals surface area contributed by atoms with Gasteiger partial charge >= 0.3 is 0 Å². The quantitative estimate of drug-likeness (QED) is 0.578.